The molecule has 0 atom stereocenters. The molecule has 0 saturated heterocycles. The summed E-state index contributed by atoms with van der Waals surface area (Å²) in [4.78, 5) is 0. The molecule has 2 nitrogen and oxygen atoms in total. The number of furan rings is 1. The number of aryl methyl sites for hydroxylation is 2. The third kappa shape index (κ3) is 2.53. The quantitative estimate of drug-likeness (QED) is 0.354. The van der Waals surface area contributed by atoms with E-state index in [0.717, 1.165) is 44.3 Å². The van der Waals surface area contributed by atoms with Gasteiger partial charge in [-0.2, -0.15) is 0 Å². The Morgan fingerprint density at radius 1 is 0.815 bits per heavy atom. The van der Waals surface area contributed by atoms with Gasteiger partial charge in [-0.1, -0.05) is 48.5 Å². The molecule has 0 unspecified atom stereocenters. The highest BCUT2D eigenvalue weighted by Crippen LogP contribution is 2.38. The molecule has 0 saturated carbocycles. The van der Waals surface area contributed by atoms with Crippen molar-refractivity contribution < 1.29 is 10.4 Å². The van der Waals surface area contributed by atoms with Crippen molar-refractivity contribution in [2.24, 2.45) is 7.05 Å². The van der Waals surface area contributed by atoms with Crippen LogP contribution in [0.2, 0.25) is 0 Å². The lowest BCUT2D eigenvalue weighted by Gasteiger charge is -2.04. The summed E-state index contributed by atoms with van der Waals surface area (Å²) in [5.74, 6) is 0. The number of hydrogen-bond acceptors (Lipinski definition) is 1. The summed E-state index contributed by atoms with van der Waals surface area (Å²) in [5.41, 5.74) is 6.73. The summed E-state index contributed by atoms with van der Waals surface area (Å²) in [5, 5.41) is 2.03. The molecular formula is C25H20NO+. The molecule has 2 aromatic heterocycles. The van der Waals surface area contributed by atoms with Crippen LogP contribution in [-0.4, -0.2) is 0 Å². The molecule has 0 bridgehead atoms. The minimum Gasteiger partial charge on any atom is -0.455 e. The zero-order valence-electron chi connectivity index (χ0n) is 16.4. The normalized spacial score (nSPS) is 11.9. The predicted octanol–water partition coefficient (Wildman–Crippen LogP) is 6.05. The van der Waals surface area contributed by atoms with E-state index in [-0.39, 0.29) is 0 Å². The summed E-state index contributed by atoms with van der Waals surface area (Å²) in [6.07, 6.45) is 2.04. The third-order valence-electron chi connectivity index (χ3n) is 5.17. The molecule has 0 fully saturated rings. The lowest BCUT2D eigenvalue weighted by atomic mass is 9.99. The summed E-state index contributed by atoms with van der Waals surface area (Å²) in [6.45, 7) is 2.10. The molecule has 2 heteroatoms. The second kappa shape index (κ2) is 6.10. The van der Waals surface area contributed by atoms with Crippen molar-refractivity contribution in [3.8, 4) is 22.4 Å². The van der Waals surface area contributed by atoms with Gasteiger partial charge in [0.2, 0.25) is 5.69 Å². The van der Waals surface area contributed by atoms with Crippen molar-refractivity contribution in [1.29, 1.82) is 0 Å². The van der Waals surface area contributed by atoms with E-state index in [1.54, 1.807) is 0 Å². The highest BCUT2D eigenvalue weighted by molar-refractivity contribution is 6.10. The van der Waals surface area contributed by atoms with Crippen LogP contribution in [0, 0.1) is 6.92 Å². The van der Waals surface area contributed by atoms with Crippen LogP contribution < -0.4 is 4.57 Å². The van der Waals surface area contributed by atoms with Crippen molar-refractivity contribution in [1.82, 2.24) is 0 Å². The van der Waals surface area contributed by atoms with Gasteiger partial charge in [0.05, 0.1) is 6.93 Å². The molecule has 0 aliphatic carbocycles. The van der Waals surface area contributed by atoms with E-state index < -0.39 is 0 Å². The Morgan fingerprint density at radius 3 is 2.41 bits per heavy atom. The van der Waals surface area contributed by atoms with E-state index in [4.69, 9.17) is 5.79 Å². The molecule has 3 aromatic carbocycles. The van der Waals surface area contributed by atoms with E-state index in [0.29, 0.717) is 11.6 Å². The molecule has 2 heterocycles. The van der Waals surface area contributed by atoms with E-state index >= 15 is 0 Å². The Bertz CT molecular complexity index is 1340. The van der Waals surface area contributed by atoms with Crippen LogP contribution in [0.15, 0.2) is 89.5 Å². The fourth-order valence-corrected chi connectivity index (χ4v) is 3.76. The van der Waals surface area contributed by atoms with Crippen LogP contribution in [0.4, 0.5) is 0 Å². The highest BCUT2D eigenvalue weighted by atomic mass is 16.3. The number of pyridine rings is 1. The minimum atomic E-state index is 0.431. The van der Waals surface area contributed by atoms with E-state index in [9.17, 15) is 0 Å². The Balaban J connectivity index is 1.85. The molecule has 130 valence electrons. The maximum Gasteiger partial charge on any atom is 0.216 e. The van der Waals surface area contributed by atoms with Crippen molar-refractivity contribution >= 4 is 21.9 Å². The van der Waals surface area contributed by atoms with E-state index in [1.165, 1.54) is 0 Å². The highest BCUT2D eigenvalue weighted by Gasteiger charge is 2.20. The summed E-state index contributed by atoms with van der Waals surface area (Å²) in [7, 11) is 2.04. The van der Waals surface area contributed by atoms with Crippen molar-refractivity contribution in [2.75, 3.05) is 0 Å². The van der Waals surface area contributed by atoms with Crippen molar-refractivity contribution in [2.45, 2.75) is 6.92 Å². The maximum absolute atomic E-state index is 8.78. The van der Waals surface area contributed by atoms with Crippen LogP contribution in [0.25, 0.3) is 44.3 Å². The number of benzene rings is 3. The molecule has 0 aliphatic heterocycles. The number of hydrogen-bond donors (Lipinski definition) is 0. The van der Waals surface area contributed by atoms with Gasteiger partial charge < -0.3 is 4.42 Å². The minimum absolute atomic E-state index is 0.431. The van der Waals surface area contributed by atoms with Gasteiger partial charge in [0.1, 0.15) is 18.2 Å². The fourth-order valence-electron chi connectivity index (χ4n) is 3.76. The largest absolute Gasteiger partial charge is 0.455 e. The van der Waals surface area contributed by atoms with E-state index in [1.807, 2.05) is 61.8 Å². The lowest BCUT2D eigenvalue weighted by Crippen LogP contribution is -2.30. The molecule has 0 N–H and O–H groups in total. The van der Waals surface area contributed by atoms with Crippen LogP contribution in [0.5, 0.6) is 0 Å². The summed E-state index contributed by atoms with van der Waals surface area (Å²) in [6, 6.07) is 25.0. The van der Waals surface area contributed by atoms with E-state index in [2.05, 4.69) is 35.8 Å². The van der Waals surface area contributed by atoms with Crippen LogP contribution in [0.1, 0.15) is 6.93 Å². The lowest BCUT2D eigenvalue weighted by molar-refractivity contribution is -0.660. The zero-order chi connectivity index (χ0) is 19.3. The van der Waals surface area contributed by atoms with Gasteiger partial charge in [-0.3, -0.25) is 0 Å². The molecule has 5 rings (SSSR count). The Morgan fingerprint density at radius 2 is 1.59 bits per heavy atom. The van der Waals surface area contributed by atoms with Gasteiger partial charge in [-0.05, 0) is 41.8 Å². The maximum atomic E-state index is 8.78. The molecule has 27 heavy (non-hydrogen) atoms. The van der Waals surface area contributed by atoms with Gasteiger partial charge >= 0.3 is 0 Å². The predicted molar refractivity (Wildman–Crippen MR) is 111 cm³/mol. The summed E-state index contributed by atoms with van der Waals surface area (Å²) < 4.78 is 17.3. The first-order valence-corrected chi connectivity index (χ1v) is 9.11. The topological polar surface area (TPSA) is 17.0 Å². The van der Waals surface area contributed by atoms with Crippen LogP contribution in [0.3, 0.4) is 0 Å². The Labute approximate surface area is 159 Å². The first kappa shape index (κ1) is 14.7. The SMILES string of the molecule is [2H]c1c(-c2ccccc2)ccc2c1oc1c(-c3cccc[n+]3C)c(C)ccc12. The van der Waals surface area contributed by atoms with Gasteiger partial charge in [-0.25, -0.2) is 4.57 Å². The first-order chi connectivity index (χ1) is 13.6. The molecule has 0 aliphatic rings. The average Bonchev–Trinajstić information content (AvgIpc) is 3.09. The monoisotopic (exact) mass is 351 g/mol. The number of nitrogens with zero attached hydrogens (tertiary/aromatic N) is 1. The van der Waals surface area contributed by atoms with Gasteiger partial charge in [-0.15, -0.1) is 0 Å². The van der Waals surface area contributed by atoms with Gasteiger partial charge in [0.25, 0.3) is 0 Å². The average molecular weight is 351 g/mol. The zero-order valence-corrected chi connectivity index (χ0v) is 15.4. The smallest absolute Gasteiger partial charge is 0.216 e. The molecule has 5 aromatic rings. The van der Waals surface area contributed by atoms with Gasteiger partial charge in [0.15, 0.2) is 6.20 Å². The molecule has 0 amide bonds. The third-order valence-corrected chi connectivity index (χ3v) is 5.17. The van der Waals surface area contributed by atoms with Crippen molar-refractivity contribution in [3.63, 3.8) is 0 Å². The fraction of sp³-hybridized carbons (Fsp3) is 0.0800. The first-order valence-electron chi connectivity index (χ1n) is 9.61. The van der Waals surface area contributed by atoms with Gasteiger partial charge in [0, 0.05) is 22.9 Å². The molecular weight excluding hydrogens is 330 g/mol. The van der Waals surface area contributed by atoms with Crippen LogP contribution >= 0.6 is 0 Å². The number of aromatic nitrogens is 1. The Kier molecular flexibility index (Phi) is 3.33. The van der Waals surface area contributed by atoms with Crippen molar-refractivity contribution in [3.05, 3.63) is 90.6 Å². The second-order valence-electron chi connectivity index (χ2n) is 6.91. The standard InChI is InChI=1S/C25H20NO/c1-17-11-13-21-20-14-12-19(18-8-4-3-5-9-18)16-23(20)27-25(21)24(17)22-10-6-7-15-26(22)2/h3-16H,1-2H3/q+1/i16D. The second-order valence-corrected chi connectivity index (χ2v) is 6.91. The van der Waals surface area contributed by atoms with Crippen LogP contribution in [-0.2, 0) is 7.05 Å². The Hall–Kier alpha value is -3.39. The molecule has 0 spiro atoms. The number of rotatable bonds is 2. The molecule has 0 radical (unpaired) electrons. The summed E-state index contributed by atoms with van der Waals surface area (Å²) >= 11 is 0. The number of fused-ring (bicyclic) bond motifs is 3.